The molecule has 0 fully saturated rings. The largest absolute Gasteiger partial charge is 0.449 e. The molecule has 0 aliphatic carbocycles. The maximum atomic E-state index is 5.52. The number of nitrogens with zero attached hydrogens (tertiary/aromatic N) is 1. The minimum absolute atomic E-state index is 0.238. The van der Waals surface area contributed by atoms with Crippen molar-refractivity contribution >= 4 is 0 Å². The van der Waals surface area contributed by atoms with Gasteiger partial charge in [-0.25, -0.2) is 4.98 Å². The predicted molar refractivity (Wildman–Crippen MR) is 67.4 cm³/mol. The fraction of sp³-hybridized carbons (Fsp3) is 0.786. The Kier molecular flexibility index (Phi) is 3.82. The summed E-state index contributed by atoms with van der Waals surface area (Å²) in [6, 6.07) is 0. The Morgan fingerprint density at radius 3 is 2.25 bits per heavy atom. The minimum atomic E-state index is 0.238. The van der Waals surface area contributed by atoms with E-state index in [-0.39, 0.29) is 5.41 Å². The Morgan fingerprint density at radius 2 is 1.75 bits per heavy atom. The monoisotopic (exact) mass is 223 g/mol. The Labute approximate surface area is 99.5 Å². The smallest absolute Gasteiger partial charge is 0.194 e. The van der Waals surface area contributed by atoms with Crippen molar-refractivity contribution in [3.63, 3.8) is 0 Å². The van der Waals surface area contributed by atoms with Crippen LogP contribution in [0.4, 0.5) is 0 Å². The van der Waals surface area contributed by atoms with Gasteiger partial charge in [0.15, 0.2) is 5.89 Å². The van der Waals surface area contributed by atoms with Crippen LogP contribution in [-0.4, -0.2) is 4.98 Å². The van der Waals surface area contributed by atoms with Crippen LogP contribution in [0.5, 0.6) is 0 Å². The average molecular weight is 223 g/mol. The molecule has 0 amide bonds. The summed E-state index contributed by atoms with van der Waals surface area (Å²) in [5.41, 5.74) is 1.64. The highest BCUT2D eigenvalue weighted by atomic mass is 16.3. The molecule has 0 saturated heterocycles. The molecule has 0 saturated carbocycles. The SMILES string of the molecule is CCC(C)(C)Cc1coc(CC(C)(C)C)n1. The Morgan fingerprint density at radius 1 is 1.12 bits per heavy atom. The van der Waals surface area contributed by atoms with Crippen molar-refractivity contribution in [1.82, 2.24) is 4.98 Å². The molecule has 1 aromatic heterocycles. The summed E-state index contributed by atoms with van der Waals surface area (Å²) >= 11 is 0. The average Bonchev–Trinajstić information content (AvgIpc) is 2.48. The van der Waals surface area contributed by atoms with Crippen molar-refractivity contribution < 1.29 is 4.42 Å². The van der Waals surface area contributed by atoms with Crippen LogP contribution in [0.25, 0.3) is 0 Å². The van der Waals surface area contributed by atoms with E-state index in [0.29, 0.717) is 5.41 Å². The Balaban J connectivity index is 2.65. The van der Waals surface area contributed by atoms with Gasteiger partial charge in [0.05, 0.1) is 5.69 Å². The van der Waals surface area contributed by atoms with Crippen molar-refractivity contribution in [2.75, 3.05) is 0 Å². The van der Waals surface area contributed by atoms with Crippen molar-refractivity contribution in [3.8, 4) is 0 Å². The molecule has 2 heteroatoms. The molecule has 1 rings (SSSR count). The summed E-state index contributed by atoms with van der Waals surface area (Å²) in [5, 5.41) is 0. The minimum Gasteiger partial charge on any atom is -0.449 e. The molecule has 0 aliphatic heterocycles. The summed E-state index contributed by atoms with van der Waals surface area (Å²) in [6.07, 6.45) is 4.88. The van der Waals surface area contributed by atoms with Gasteiger partial charge >= 0.3 is 0 Å². The molecule has 0 N–H and O–H groups in total. The fourth-order valence-corrected chi connectivity index (χ4v) is 1.58. The predicted octanol–water partition coefficient (Wildman–Crippen LogP) is 4.24. The third-order valence-corrected chi connectivity index (χ3v) is 2.90. The van der Waals surface area contributed by atoms with Crippen LogP contribution in [0, 0.1) is 10.8 Å². The van der Waals surface area contributed by atoms with Crippen LogP contribution < -0.4 is 0 Å². The molecule has 0 radical (unpaired) electrons. The molecule has 16 heavy (non-hydrogen) atoms. The first kappa shape index (κ1) is 13.3. The van der Waals surface area contributed by atoms with E-state index >= 15 is 0 Å². The summed E-state index contributed by atoms with van der Waals surface area (Å²) in [4.78, 5) is 4.56. The Bertz CT molecular complexity index is 331. The molecule has 92 valence electrons. The molecule has 0 spiro atoms. The van der Waals surface area contributed by atoms with E-state index in [1.807, 2.05) is 6.26 Å². The first-order valence-electron chi connectivity index (χ1n) is 6.15. The second-order valence-corrected chi connectivity index (χ2v) is 6.66. The van der Waals surface area contributed by atoms with Crippen molar-refractivity contribution in [3.05, 3.63) is 17.8 Å². The first-order valence-corrected chi connectivity index (χ1v) is 6.15. The van der Waals surface area contributed by atoms with E-state index in [4.69, 9.17) is 4.42 Å². The lowest BCUT2D eigenvalue weighted by Gasteiger charge is -2.20. The van der Waals surface area contributed by atoms with Gasteiger partial charge < -0.3 is 4.42 Å². The van der Waals surface area contributed by atoms with Gasteiger partial charge in [0.1, 0.15) is 6.26 Å². The number of hydrogen-bond donors (Lipinski definition) is 0. The van der Waals surface area contributed by atoms with Crippen LogP contribution in [0.15, 0.2) is 10.7 Å². The van der Waals surface area contributed by atoms with E-state index in [0.717, 1.165) is 30.8 Å². The second kappa shape index (κ2) is 4.60. The van der Waals surface area contributed by atoms with Gasteiger partial charge in [-0.3, -0.25) is 0 Å². The molecule has 0 aromatic carbocycles. The van der Waals surface area contributed by atoms with Crippen LogP contribution in [0.1, 0.15) is 59.5 Å². The van der Waals surface area contributed by atoms with Crippen LogP contribution in [0.3, 0.4) is 0 Å². The van der Waals surface area contributed by atoms with Crippen LogP contribution >= 0.6 is 0 Å². The van der Waals surface area contributed by atoms with Gasteiger partial charge in [-0.05, 0) is 17.3 Å². The fourth-order valence-electron chi connectivity index (χ4n) is 1.58. The maximum absolute atomic E-state index is 5.52. The summed E-state index contributed by atoms with van der Waals surface area (Å²) in [6.45, 7) is 13.4. The summed E-state index contributed by atoms with van der Waals surface area (Å²) in [5.74, 6) is 0.870. The highest BCUT2D eigenvalue weighted by molar-refractivity contribution is 5.01. The van der Waals surface area contributed by atoms with E-state index in [9.17, 15) is 0 Å². The Hall–Kier alpha value is -0.790. The number of aromatic nitrogens is 1. The molecular formula is C14H25NO. The normalized spacial score (nSPS) is 13.1. The molecule has 0 aliphatic rings. The van der Waals surface area contributed by atoms with Crippen LogP contribution in [-0.2, 0) is 12.8 Å². The molecule has 0 bridgehead atoms. The summed E-state index contributed by atoms with van der Waals surface area (Å²) < 4.78 is 5.52. The quantitative estimate of drug-likeness (QED) is 0.763. The van der Waals surface area contributed by atoms with E-state index < -0.39 is 0 Å². The van der Waals surface area contributed by atoms with Crippen molar-refractivity contribution in [1.29, 1.82) is 0 Å². The molecule has 0 atom stereocenters. The van der Waals surface area contributed by atoms with E-state index in [1.165, 1.54) is 0 Å². The molecule has 1 aromatic rings. The third kappa shape index (κ3) is 4.38. The zero-order valence-corrected chi connectivity index (χ0v) is 11.6. The van der Waals surface area contributed by atoms with E-state index in [2.05, 4.69) is 46.5 Å². The van der Waals surface area contributed by atoms with Crippen LogP contribution in [0.2, 0.25) is 0 Å². The molecule has 0 unspecified atom stereocenters. The number of hydrogen-bond acceptors (Lipinski definition) is 2. The zero-order valence-electron chi connectivity index (χ0n) is 11.6. The van der Waals surface area contributed by atoms with E-state index in [1.54, 1.807) is 0 Å². The first-order chi connectivity index (χ1) is 7.22. The highest BCUT2D eigenvalue weighted by Crippen LogP contribution is 2.26. The van der Waals surface area contributed by atoms with Gasteiger partial charge in [-0.15, -0.1) is 0 Å². The topological polar surface area (TPSA) is 26.0 Å². The van der Waals surface area contributed by atoms with Gasteiger partial charge in [-0.2, -0.15) is 0 Å². The van der Waals surface area contributed by atoms with Gasteiger partial charge in [-0.1, -0.05) is 48.0 Å². The number of rotatable bonds is 4. The van der Waals surface area contributed by atoms with Crippen molar-refractivity contribution in [2.45, 2.75) is 60.8 Å². The van der Waals surface area contributed by atoms with Gasteiger partial charge in [0, 0.05) is 6.42 Å². The summed E-state index contributed by atoms with van der Waals surface area (Å²) in [7, 11) is 0. The molecule has 2 nitrogen and oxygen atoms in total. The maximum Gasteiger partial charge on any atom is 0.194 e. The molecule has 1 heterocycles. The lowest BCUT2D eigenvalue weighted by molar-refractivity contribution is 0.345. The number of oxazole rings is 1. The zero-order chi connectivity index (χ0) is 12.4. The van der Waals surface area contributed by atoms with Gasteiger partial charge in [0.25, 0.3) is 0 Å². The molecular weight excluding hydrogens is 198 g/mol. The standard InChI is InChI=1S/C14H25NO/c1-7-14(5,6)8-11-10-16-12(15-11)9-13(2,3)4/h10H,7-9H2,1-6H3. The lowest BCUT2D eigenvalue weighted by atomic mass is 9.85. The van der Waals surface area contributed by atoms with Crippen molar-refractivity contribution in [2.24, 2.45) is 10.8 Å². The third-order valence-electron chi connectivity index (χ3n) is 2.90. The second-order valence-electron chi connectivity index (χ2n) is 6.66. The van der Waals surface area contributed by atoms with Gasteiger partial charge in [0.2, 0.25) is 0 Å². The lowest BCUT2D eigenvalue weighted by Crippen LogP contribution is -2.14. The highest BCUT2D eigenvalue weighted by Gasteiger charge is 2.20.